The third-order valence-electron chi connectivity index (χ3n) is 4.56. The molecule has 1 aliphatic heterocycles. The first-order chi connectivity index (χ1) is 12.3. The normalized spacial score (nSPS) is 14.9. The van der Waals surface area contributed by atoms with Gasteiger partial charge in [0, 0.05) is 69.5 Å². The van der Waals surface area contributed by atoms with Gasteiger partial charge in [0.05, 0.1) is 6.20 Å². The Morgan fingerprint density at radius 2 is 1.69 bits per heavy atom. The molecular formula is C19H23ClN6. The average molecular weight is 371 g/mol. The summed E-state index contributed by atoms with van der Waals surface area (Å²) in [5.74, 6) is 0.981. The van der Waals surface area contributed by atoms with Gasteiger partial charge in [-0.2, -0.15) is 5.10 Å². The molecule has 0 amide bonds. The lowest BCUT2D eigenvalue weighted by Crippen LogP contribution is -2.46. The molecular weight excluding hydrogens is 348 g/mol. The second-order valence-electron chi connectivity index (χ2n) is 6.38. The third kappa shape index (κ3) is 4.03. The number of hydrogen-bond acceptors (Lipinski definition) is 5. The SMILES string of the molecule is Cl.Cn1cc(CN2CCN(c3nccnc3-c3ccccc3)CC2)cn1. The van der Waals surface area contributed by atoms with E-state index in [0.717, 1.165) is 49.8 Å². The number of piperazine rings is 1. The van der Waals surface area contributed by atoms with Crippen LogP contribution in [0.15, 0.2) is 55.1 Å². The lowest BCUT2D eigenvalue weighted by molar-refractivity contribution is 0.249. The molecule has 0 N–H and O–H groups in total. The van der Waals surface area contributed by atoms with E-state index in [0.29, 0.717) is 0 Å². The Morgan fingerprint density at radius 3 is 2.38 bits per heavy atom. The molecule has 0 atom stereocenters. The molecule has 4 rings (SSSR count). The van der Waals surface area contributed by atoms with E-state index < -0.39 is 0 Å². The number of halogens is 1. The topological polar surface area (TPSA) is 50.1 Å². The maximum absolute atomic E-state index is 4.62. The number of benzene rings is 1. The van der Waals surface area contributed by atoms with E-state index in [1.54, 1.807) is 12.4 Å². The van der Waals surface area contributed by atoms with Crippen molar-refractivity contribution in [2.75, 3.05) is 31.1 Å². The fourth-order valence-electron chi connectivity index (χ4n) is 3.29. The summed E-state index contributed by atoms with van der Waals surface area (Å²) in [6.07, 6.45) is 7.58. The quantitative estimate of drug-likeness (QED) is 0.706. The molecule has 0 spiro atoms. The summed E-state index contributed by atoms with van der Waals surface area (Å²) in [6.45, 7) is 4.89. The minimum absolute atomic E-state index is 0. The summed E-state index contributed by atoms with van der Waals surface area (Å²) in [5, 5.41) is 4.25. The van der Waals surface area contributed by atoms with Gasteiger partial charge in [0.15, 0.2) is 5.82 Å². The minimum Gasteiger partial charge on any atom is -0.352 e. The molecule has 0 aliphatic carbocycles. The highest BCUT2D eigenvalue weighted by Crippen LogP contribution is 2.27. The fraction of sp³-hybridized carbons (Fsp3) is 0.316. The third-order valence-corrected chi connectivity index (χ3v) is 4.56. The monoisotopic (exact) mass is 370 g/mol. The summed E-state index contributed by atoms with van der Waals surface area (Å²) in [6, 6.07) is 10.3. The molecule has 6 nitrogen and oxygen atoms in total. The Bertz CT molecular complexity index is 827. The molecule has 7 heteroatoms. The first-order valence-corrected chi connectivity index (χ1v) is 8.61. The second kappa shape index (κ2) is 8.29. The molecule has 1 aliphatic rings. The van der Waals surface area contributed by atoms with Gasteiger partial charge >= 0.3 is 0 Å². The number of aryl methyl sites for hydroxylation is 1. The molecule has 1 saturated heterocycles. The van der Waals surface area contributed by atoms with E-state index in [4.69, 9.17) is 0 Å². The predicted molar refractivity (Wildman–Crippen MR) is 105 cm³/mol. The van der Waals surface area contributed by atoms with Crippen LogP contribution in [0, 0.1) is 0 Å². The zero-order valence-electron chi connectivity index (χ0n) is 14.8. The van der Waals surface area contributed by atoms with Gasteiger partial charge in [0.2, 0.25) is 0 Å². The van der Waals surface area contributed by atoms with Gasteiger partial charge in [-0.15, -0.1) is 12.4 Å². The maximum atomic E-state index is 4.62. The molecule has 0 saturated carbocycles. The predicted octanol–water partition coefficient (Wildman–Crippen LogP) is 2.62. The first-order valence-electron chi connectivity index (χ1n) is 8.61. The number of rotatable bonds is 4. The summed E-state index contributed by atoms with van der Waals surface area (Å²) in [5.41, 5.74) is 3.34. The molecule has 0 bridgehead atoms. The largest absolute Gasteiger partial charge is 0.352 e. The van der Waals surface area contributed by atoms with Gasteiger partial charge in [0.25, 0.3) is 0 Å². The first kappa shape index (κ1) is 18.4. The highest BCUT2D eigenvalue weighted by molar-refractivity contribution is 5.85. The molecule has 3 aromatic rings. The van der Waals surface area contributed by atoms with Crippen LogP contribution in [0.3, 0.4) is 0 Å². The van der Waals surface area contributed by atoms with Crippen molar-refractivity contribution < 1.29 is 0 Å². The molecule has 1 aromatic carbocycles. The van der Waals surface area contributed by atoms with Crippen molar-refractivity contribution in [2.45, 2.75) is 6.54 Å². The van der Waals surface area contributed by atoms with Crippen LogP contribution >= 0.6 is 12.4 Å². The number of hydrogen-bond donors (Lipinski definition) is 0. The van der Waals surface area contributed by atoms with Crippen molar-refractivity contribution in [1.82, 2.24) is 24.6 Å². The fourth-order valence-corrected chi connectivity index (χ4v) is 3.29. The number of anilines is 1. The molecule has 0 radical (unpaired) electrons. The van der Waals surface area contributed by atoms with Crippen LogP contribution in [-0.4, -0.2) is 50.8 Å². The number of aromatic nitrogens is 4. The van der Waals surface area contributed by atoms with E-state index in [-0.39, 0.29) is 12.4 Å². The van der Waals surface area contributed by atoms with Crippen LogP contribution in [0.1, 0.15) is 5.56 Å². The van der Waals surface area contributed by atoms with Crippen molar-refractivity contribution >= 4 is 18.2 Å². The van der Waals surface area contributed by atoms with Crippen molar-refractivity contribution in [3.8, 4) is 11.3 Å². The van der Waals surface area contributed by atoms with E-state index in [1.165, 1.54) is 5.56 Å². The summed E-state index contributed by atoms with van der Waals surface area (Å²) < 4.78 is 1.86. The molecule has 2 aromatic heterocycles. The zero-order valence-corrected chi connectivity index (χ0v) is 15.6. The lowest BCUT2D eigenvalue weighted by Gasteiger charge is -2.35. The molecule has 1 fully saturated rings. The van der Waals surface area contributed by atoms with Gasteiger partial charge in [0.1, 0.15) is 5.69 Å². The summed E-state index contributed by atoms with van der Waals surface area (Å²) in [4.78, 5) is 14.0. The van der Waals surface area contributed by atoms with Gasteiger partial charge in [-0.25, -0.2) is 4.98 Å². The van der Waals surface area contributed by atoms with E-state index in [9.17, 15) is 0 Å². The van der Waals surface area contributed by atoms with Gasteiger partial charge in [-0.3, -0.25) is 14.6 Å². The number of nitrogens with zero attached hydrogens (tertiary/aromatic N) is 6. The van der Waals surface area contributed by atoms with Crippen molar-refractivity contribution in [1.29, 1.82) is 0 Å². The summed E-state index contributed by atoms with van der Waals surface area (Å²) in [7, 11) is 1.96. The van der Waals surface area contributed by atoms with Crippen LogP contribution in [-0.2, 0) is 13.6 Å². The van der Waals surface area contributed by atoms with Crippen molar-refractivity contribution in [2.24, 2.45) is 7.05 Å². The Labute approximate surface area is 159 Å². The maximum Gasteiger partial charge on any atom is 0.155 e. The zero-order chi connectivity index (χ0) is 17.1. The van der Waals surface area contributed by atoms with Gasteiger partial charge < -0.3 is 4.90 Å². The van der Waals surface area contributed by atoms with Crippen LogP contribution in [0.2, 0.25) is 0 Å². The Kier molecular flexibility index (Phi) is 5.85. The lowest BCUT2D eigenvalue weighted by atomic mass is 10.1. The molecule has 136 valence electrons. The van der Waals surface area contributed by atoms with E-state index in [2.05, 4.69) is 43.2 Å². The molecule has 0 unspecified atom stereocenters. The highest BCUT2D eigenvalue weighted by atomic mass is 35.5. The van der Waals surface area contributed by atoms with Crippen molar-refractivity contribution in [3.63, 3.8) is 0 Å². The van der Waals surface area contributed by atoms with E-state index >= 15 is 0 Å². The Balaban J connectivity index is 0.00000196. The Hall–Kier alpha value is -2.44. The smallest absolute Gasteiger partial charge is 0.155 e. The van der Waals surface area contributed by atoms with Gasteiger partial charge in [-0.1, -0.05) is 30.3 Å². The van der Waals surface area contributed by atoms with Crippen LogP contribution in [0.4, 0.5) is 5.82 Å². The van der Waals surface area contributed by atoms with E-state index in [1.807, 2.05) is 36.1 Å². The van der Waals surface area contributed by atoms with Crippen molar-refractivity contribution in [3.05, 3.63) is 60.7 Å². The second-order valence-corrected chi connectivity index (χ2v) is 6.38. The van der Waals surface area contributed by atoms with Crippen LogP contribution in [0.5, 0.6) is 0 Å². The average Bonchev–Trinajstić information content (AvgIpc) is 3.08. The van der Waals surface area contributed by atoms with Crippen LogP contribution in [0.25, 0.3) is 11.3 Å². The molecule has 26 heavy (non-hydrogen) atoms. The Morgan fingerprint density at radius 1 is 0.962 bits per heavy atom. The van der Waals surface area contributed by atoms with Crippen LogP contribution < -0.4 is 4.90 Å². The minimum atomic E-state index is 0. The molecule has 3 heterocycles. The highest BCUT2D eigenvalue weighted by Gasteiger charge is 2.21. The summed E-state index contributed by atoms with van der Waals surface area (Å²) >= 11 is 0. The standard InChI is InChI=1S/C19H22N6.ClH/c1-23-14-16(13-22-23)15-24-9-11-25(12-10-24)19-18(20-7-8-21-19)17-5-3-2-4-6-17;/h2-8,13-14H,9-12,15H2,1H3;1H. The van der Waals surface area contributed by atoms with Gasteiger partial charge in [-0.05, 0) is 0 Å².